The summed E-state index contributed by atoms with van der Waals surface area (Å²) in [5.41, 5.74) is 6.47. The zero-order valence-corrected chi connectivity index (χ0v) is 51.4. The Labute approximate surface area is 543 Å². The van der Waals surface area contributed by atoms with Crippen molar-refractivity contribution in [3.05, 3.63) is 207 Å². The van der Waals surface area contributed by atoms with Crippen molar-refractivity contribution < 1.29 is 41.1 Å². The van der Waals surface area contributed by atoms with E-state index in [1.54, 1.807) is 124 Å². The number of nitrogens with zero attached hydrogens (tertiary/aromatic N) is 14. The fourth-order valence-corrected chi connectivity index (χ4v) is 10.3. The van der Waals surface area contributed by atoms with Crippen molar-refractivity contribution in [2.24, 2.45) is 0 Å². The number of halogens is 9. The summed E-state index contributed by atoms with van der Waals surface area (Å²) in [5, 5.41) is 25.4. The fourth-order valence-electron chi connectivity index (χ4n) is 9.79. The molecule has 9 aromatic heterocycles. The van der Waals surface area contributed by atoms with Crippen LogP contribution in [-0.2, 0) is 0 Å². The predicted molar refractivity (Wildman–Crippen MR) is 336 cm³/mol. The van der Waals surface area contributed by atoms with Gasteiger partial charge in [0.25, 0.3) is 23.6 Å². The highest BCUT2D eigenvalue weighted by Crippen LogP contribution is 2.34. The van der Waals surface area contributed by atoms with Crippen molar-refractivity contribution in [2.45, 2.75) is 57.0 Å². The van der Waals surface area contributed by atoms with E-state index in [9.17, 15) is 41.1 Å². The molecule has 1 aliphatic heterocycles. The van der Waals surface area contributed by atoms with Crippen LogP contribution in [0.2, 0.25) is 20.1 Å². The number of fused-ring (bicyclic) bond motifs is 4. The van der Waals surface area contributed by atoms with Crippen LogP contribution in [0.4, 0.5) is 22.0 Å². The van der Waals surface area contributed by atoms with Gasteiger partial charge in [-0.3, -0.25) is 24.2 Å². The molecule has 4 atom stereocenters. The Bertz CT molecular complexity index is 4830. The molecule has 2 saturated carbocycles. The Hall–Kier alpha value is -10.0. The van der Waals surface area contributed by atoms with Crippen LogP contribution in [0.5, 0.6) is 0 Å². The lowest BCUT2D eigenvalue weighted by molar-refractivity contribution is 0.0646. The molecule has 2 aliphatic carbocycles. The van der Waals surface area contributed by atoms with E-state index in [1.165, 1.54) is 33.6 Å². The number of carbonyl (C=O) groups excluding carboxylic acids is 4. The number of nitrogens with one attached hydrogen (secondary N) is 3. The molecule has 0 bridgehead atoms. The highest BCUT2D eigenvalue weighted by molar-refractivity contribution is 6.31. The van der Waals surface area contributed by atoms with Gasteiger partial charge < -0.3 is 20.9 Å². The summed E-state index contributed by atoms with van der Waals surface area (Å²) in [5.74, 6) is -3.85. The van der Waals surface area contributed by atoms with E-state index in [0.29, 0.717) is 99.0 Å². The zero-order chi connectivity index (χ0) is 65.2. The molecule has 3 N–H and O–H groups in total. The van der Waals surface area contributed by atoms with Crippen molar-refractivity contribution in [3.63, 3.8) is 0 Å². The van der Waals surface area contributed by atoms with E-state index in [-0.39, 0.29) is 45.2 Å². The van der Waals surface area contributed by atoms with Crippen LogP contribution < -0.4 is 16.0 Å². The lowest BCUT2D eigenvalue weighted by Gasteiger charge is -2.30. The van der Waals surface area contributed by atoms with Crippen molar-refractivity contribution in [3.8, 4) is 45.0 Å². The van der Waals surface area contributed by atoms with Crippen LogP contribution in [0.3, 0.4) is 0 Å². The average Bonchev–Trinajstić information content (AvgIpc) is 1.66. The molecule has 0 radical (unpaired) electrons. The first-order valence-corrected chi connectivity index (χ1v) is 30.2. The van der Waals surface area contributed by atoms with Gasteiger partial charge in [-0.15, -0.1) is 0 Å². The zero-order valence-electron chi connectivity index (χ0n) is 48.4. The average molecular weight is 1340 g/mol. The van der Waals surface area contributed by atoms with Crippen LogP contribution in [-0.4, -0.2) is 136 Å². The lowest BCUT2D eigenvalue weighted by Crippen LogP contribution is -2.42. The van der Waals surface area contributed by atoms with E-state index in [1.807, 2.05) is 6.92 Å². The third-order valence-corrected chi connectivity index (χ3v) is 15.8. The highest BCUT2D eigenvalue weighted by atomic mass is 35.5. The Morgan fingerprint density at radius 1 is 0.505 bits per heavy atom. The van der Waals surface area contributed by atoms with E-state index in [2.05, 4.69) is 61.3 Å². The van der Waals surface area contributed by atoms with Crippen molar-refractivity contribution in [1.29, 1.82) is 0 Å². The van der Waals surface area contributed by atoms with E-state index in [4.69, 9.17) is 46.4 Å². The van der Waals surface area contributed by atoms with Crippen molar-refractivity contribution in [1.82, 2.24) is 84.2 Å². The quantitative estimate of drug-likeness (QED) is 0.0762. The molecule has 0 unspecified atom stereocenters. The maximum atomic E-state index is 13.9. The third-order valence-electron chi connectivity index (χ3n) is 14.7. The number of hydrogen-bond donors (Lipinski definition) is 3. The maximum absolute atomic E-state index is 13.9. The Morgan fingerprint density at radius 2 is 0.935 bits per heavy atom. The number of benzene rings is 3. The van der Waals surface area contributed by atoms with Crippen molar-refractivity contribution >= 4 is 92.6 Å². The first kappa shape index (κ1) is 63.1. The van der Waals surface area contributed by atoms with Gasteiger partial charge in [-0.2, -0.15) is 20.4 Å². The van der Waals surface area contributed by atoms with Crippen LogP contribution in [0.25, 0.3) is 67.6 Å². The molecule has 1 saturated heterocycles. The third kappa shape index (κ3) is 13.5. The monoisotopic (exact) mass is 1340 g/mol. The summed E-state index contributed by atoms with van der Waals surface area (Å²) in [4.78, 5) is 73.0. The fraction of sp³-hybridized carbons (Fsp3) is 0.190. The first-order valence-electron chi connectivity index (χ1n) is 28.7. The molecule has 10 heterocycles. The normalized spacial score (nSPS) is 16.1. The maximum Gasteiger partial charge on any atom is 0.274 e. The number of rotatable bonds is 12. The molecule has 3 aliphatic rings. The predicted octanol–water partition coefficient (Wildman–Crippen LogP) is 11.7. The molecule has 3 fully saturated rings. The largest absolute Gasteiger partial charge is 0.351 e. The van der Waals surface area contributed by atoms with Crippen LogP contribution in [0, 0.1) is 17.5 Å². The lowest BCUT2D eigenvalue weighted by atomic mass is 10.1. The van der Waals surface area contributed by atoms with Gasteiger partial charge in [-0.1, -0.05) is 71.5 Å². The number of pyridine rings is 1. The first-order chi connectivity index (χ1) is 44.9. The number of carbonyl (C=O) groups is 4. The summed E-state index contributed by atoms with van der Waals surface area (Å²) < 4.78 is 73.8. The second-order valence-electron chi connectivity index (χ2n) is 21.3. The number of hydrogen-bond acceptors (Lipinski definition) is 13. The van der Waals surface area contributed by atoms with Crippen LogP contribution in [0.1, 0.15) is 74.6 Å². The molecule has 93 heavy (non-hydrogen) atoms. The van der Waals surface area contributed by atoms with Gasteiger partial charge in [0.1, 0.15) is 57.6 Å². The van der Waals surface area contributed by atoms with E-state index in [0.717, 1.165) is 30.5 Å². The van der Waals surface area contributed by atoms with Crippen molar-refractivity contribution in [2.75, 3.05) is 19.6 Å². The van der Waals surface area contributed by atoms with E-state index >= 15 is 0 Å². The van der Waals surface area contributed by atoms with Gasteiger partial charge in [-0.05, 0) is 104 Å². The van der Waals surface area contributed by atoms with Gasteiger partial charge in [0, 0.05) is 96.9 Å². The summed E-state index contributed by atoms with van der Waals surface area (Å²) in [7, 11) is 0. The SMILES string of the molecule is CCCNC(=O)c1nc2cccnn2c1-c1cncc(Cl)c1.O=C(N[C@@H]1C[C@@H]1F)c1nc2cccnn2c1-c1ccc(Cl)c(F)c1.O=C(N[C@@H]1C[C@@H]1F)c1nc2cccnn2c1-c1ccc(Cl)cc1.O=C(c1nc2cccnn2c1-c1cc(F)c(Cl)c(F)c1)N1CCC1. The van der Waals surface area contributed by atoms with Crippen LogP contribution >= 0.6 is 46.4 Å². The second-order valence-corrected chi connectivity index (χ2v) is 22.9. The molecule has 21 nitrogen and oxygen atoms in total. The molecule has 0 spiro atoms. The van der Waals surface area contributed by atoms with Gasteiger partial charge in [-0.25, -0.2) is 59.9 Å². The molecule has 12 aromatic rings. The summed E-state index contributed by atoms with van der Waals surface area (Å²) in [6.45, 7) is 3.87. The Kier molecular flexibility index (Phi) is 18.4. The summed E-state index contributed by atoms with van der Waals surface area (Å²) in [6, 6.07) is 28.0. The molecular formula is C63H48Cl4F5N17O4. The van der Waals surface area contributed by atoms with Gasteiger partial charge in [0.15, 0.2) is 45.4 Å². The Balaban J connectivity index is 0.000000119. The Morgan fingerprint density at radius 3 is 1.38 bits per heavy atom. The molecule has 15 rings (SSSR count). The minimum atomic E-state index is -1.03. The second kappa shape index (κ2) is 27.0. The minimum absolute atomic E-state index is 0.0233. The summed E-state index contributed by atoms with van der Waals surface area (Å²) in [6.07, 6.45) is 9.92. The number of alkyl halides is 2. The van der Waals surface area contributed by atoms with Crippen LogP contribution in [0.15, 0.2) is 146 Å². The standard InChI is InChI=1S/2C16H11ClF2N4O.C16H12ClFN4O.C15H14ClN5O/c17-13-10(18)7-9(8-11(13)19)15-14(16(24)22-5-2-6-22)21-12-3-1-4-20-23(12)15;17-9-4-3-8(6-10(9)18)15-14(16(24)21-12-7-11(12)19)22-13-2-1-5-20-23(13)15;17-10-5-3-9(4-6-10)15-14(16(23)20-12-8-11(12)18)21-13-2-1-7-19-22(13)15;1-2-5-18-15(22)13-14(10-7-11(16)9-17-8-10)21-12(20-13)4-3-6-19-21/h1,3-4,7-8H,2,5-6H2;1-6,11-12H,7H2,(H,21,24);1-7,11-12H,8H2,(H,20,23);3-4,6-9H,2,5H2,1H3,(H,18,22)/t;2*11-,12+;/m.00./s1. The molecule has 30 heteroatoms. The smallest absolute Gasteiger partial charge is 0.274 e. The minimum Gasteiger partial charge on any atom is -0.351 e. The topological polar surface area (TPSA) is 241 Å². The number of amides is 4. The molecular weight excluding hydrogens is 1300 g/mol. The number of aromatic nitrogens is 13. The molecule has 3 aromatic carbocycles. The molecule has 472 valence electrons. The van der Waals surface area contributed by atoms with Gasteiger partial charge >= 0.3 is 0 Å². The number of likely N-dealkylation sites (tertiary alicyclic amines) is 1. The van der Waals surface area contributed by atoms with Gasteiger partial charge in [0.05, 0.1) is 22.1 Å². The number of imidazole rings is 4. The highest BCUT2D eigenvalue weighted by Gasteiger charge is 2.41. The summed E-state index contributed by atoms with van der Waals surface area (Å²) >= 11 is 23.2. The van der Waals surface area contributed by atoms with Gasteiger partial charge in [0.2, 0.25) is 0 Å². The molecule has 4 amide bonds. The van der Waals surface area contributed by atoms with E-state index < -0.39 is 58.7 Å².